The Morgan fingerprint density at radius 3 is 2.00 bits per heavy atom. The number of likely N-dealkylation sites (N-methyl/N-ethyl adjacent to an activating group) is 1. The van der Waals surface area contributed by atoms with Crippen molar-refractivity contribution in [2.24, 2.45) is 0 Å². The first-order valence-corrected chi connectivity index (χ1v) is 11.6. The number of aromatic nitrogens is 2. The fraction of sp³-hybridized carbons (Fsp3) is 0.200. The topological polar surface area (TPSA) is 38.1 Å². The summed E-state index contributed by atoms with van der Waals surface area (Å²) in [7, 11) is 1.86. The fourth-order valence-corrected chi connectivity index (χ4v) is 4.28. The molecule has 0 fully saturated rings. The highest BCUT2D eigenvalue weighted by atomic mass is 16.2. The molecule has 0 aliphatic heterocycles. The van der Waals surface area contributed by atoms with Crippen molar-refractivity contribution in [3.05, 3.63) is 130 Å². The predicted molar refractivity (Wildman–Crippen MR) is 139 cm³/mol. The molecule has 1 heterocycles. The fourth-order valence-electron chi connectivity index (χ4n) is 4.28. The summed E-state index contributed by atoms with van der Waals surface area (Å²) < 4.78 is 2.00. The molecule has 0 saturated carbocycles. The predicted octanol–water partition coefficient (Wildman–Crippen LogP) is 6.12. The van der Waals surface area contributed by atoms with Crippen LogP contribution in [0, 0.1) is 20.8 Å². The first-order valence-electron chi connectivity index (χ1n) is 11.6. The van der Waals surface area contributed by atoms with Gasteiger partial charge in [-0.15, -0.1) is 0 Å². The van der Waals surface area contributed by atoms with Crippen molar-refractivity contribution >= 4 is 12.0 Å². The molecule has 0 unspecified atom stereocenters. The molecule has 0 bridgehead atoms. The van der Waals surface area contributed by atoms with E-state index in [0.29, 0.717) is 6.54 Å². The molecule has 1 aromatic heterocycles. The van der Waals surface area contributed by atoms with Crippen molar-refractivity contribution in [1.29, 1.82) is 0 Å². The summed E-state index contributed by atoms with van der Waals surface area (Å²) in [6, 6.07) is 28.6. The van der Waals surface area contributed by atoms with Crippen molar-refractivity contribution in [3.8, 4) is 0 Å². The Morgan fingerprint density at radius 2 is 1.44 bits per heavy atom. The van der Waals surface area contributed by atoms with E-state index in [2.05, 4.69) is 62.4 Å². The van der Waals surface area contributed by atoms with Crippen LogP contribution in [-0.2, 0) is 11.3 Å². The molecule has 0 aliphatic rings. The van der Waals surface area contributed by atoms with Crippen molar-refractivity contribution < 1.29 is 4.79 Å². The highest BCUT2D eigenvalue weighted by Gasteiger charge is 2.22. The zero-order valence-electron chi connectivity index (χ0n) is 20.3. The van der Waals surface area contributed by atoms with Crippen LogP contribution >= 0.6 is 0 Å². The van der Waals surface area contributed by atoms with Gasteiger partial charge in [-0.05, 0) is 43.5 Å². The molecule has 0 spiro atoms. The molecule has 4 nitrogen and oxygen atoms in total. The lowest BCUT2D eigenvalue weighted by molar-refractivity contribution is -0.126. The monoisotopic (exact) mass is 449 g/mol. The van der Waals surface area contributed by atoms with Crippen molar-refractivity contribution in [2.75, 3.05) is 7.05 Å². The van der Waals surface area contributed by atoms with Gasteiger partial charge in [0.1, 0.15) is 0 Å². The lowest BCUT2D eigenvalue weighted by Crippen LogP contribution is -2.30. The van der Waals surface area contributed by atoms with E-state index < -0.39 is 0 Å². The molecule has 0 N–H and O–H groups in total. The van der Waals surface area contributed by atoms with Gasteiger partial charge in [0.2, 0.25) is 5.91 Å². The van der Waals surface area contributed by atoms with Crippen molar-refractivity contribution in [1.82, 2.24) is 14.7 Å². The summed E-state index contributed by atoms with van der Waals surface area (Å²) in [6.45, 7) is 6.84. The molecule has 3 aromatic carbocycles. The Balaban J connectivity index is 1.56. The smallest absolute Gasteiger partial charge is 0.247 e. The van der Waals surface area contributed by atoms with Gasteiger partial charge in [0.15, 0.2) is 0 Å². The summed E-state index contributed by atoms with van der Waals surface area (Å²) >= 11 is 0. The summed E-state index contributed by atoms with van der Waals surface area (Å²) in [4.78, 5) is 15.1. The largest absolute Gasteiger partial charge is 0.331 e. The highest BCUT2D eigenvalue weighted by molar-refractivity contribution is 5.92. The van der Waals surface area contributed by atoms with Gasteiger partial charge < -0.3 is 4.90 Å². The van der Waals surface area contributed by atoms with Gasteiger partial charge in [-0.2, -0.15) is 5.10 Å². The first kappa shape index (κ1) is 23.2. The van der Waals surface area contributed by atoms with Crippen LogP contribution in [0.3, 0.4) is 0 Å². The zero-order valence-corrected chi connectivity index (χ0v) is 20.3. The normalized spacial score (nSPS) is 11.3. The van der Waals surface area contributed by atoms with E-state index in [4.69, 9.17) is 5.10 Å². The molecule has 0 aliphatic carbocycles. The minimum atomic E-state index is -0.161. The van der Waals surface area contributed by atoms with Gasteiger partial charge in [-0.3, -0.25) is 9.48 Å². The summed E-state index contributed by atoms with van der Waals surface area (Å²) in [5, 5.41) is 4.72. The maximum absolute atomic E-state index is 13.3. The molecule has 4 rings (SSSR count). The second kappa shape index (κ2) is 10.3. The highest BCUT2D eigenvalue weighted by Crippen LogP contribution is 2.28. The van der Waals surface area contributed by atoms with E-state index in [9.17, 15) is 4.79 Å². The molecule has 1 amide bonds. The Kier molecular flexibility index (Phi) is 7.07. The molecule has 172 valence electrons. The van der Waals surface area contributed by atoms with E-state index >= 15 is 0 Å². The van der Waals surface area contributed by atoms with Crippen LogP contribution in [0.1, 0.15) is 45.2 Å². The zero-order chi connectivity index (χ0) is 24.1. The number of aryl methyl sites for hydroxylation is 2. The number of amides is 1. The van der Waals surface area contributed by atoms with Crippen LogP contribution in [0.2, 0.25) is 0 Å². The van der Waals surface area contributed by atoms with Crippen molar-refractivity contribution in [2.45, 2.75) is 33.4 Å². The Morgan fingerprint density at radius 1 is 0.882 bits per heavy atom. The van der Waals surface area contributed by atoms with Crippen LogP contribution in [0.5, 0.6) is 0 Å². The standard InChI is InChI=1S/C30H31N3O/c1-22-15-17-25(18-16-22)21-33-24(3)28(23(2)31-33)19-20-29(34)32(4)30(26-11-7-5-8-12-26)27-13-9-6-10-14-27/h5-20,30H,21H2,1-4H3. The molecule has 4 heteroatoms. The average Bonchev–Trinajstić information content (AvgIpc) is 3.12. The lowest BCUT2D eigenvalue weighted by Gasteiger charge is -2.28. The van der Waals surface area contributed by atoms with Crippen molar-refractivity contribution in [3.63, 3.8) is 0 Å². The van der Waals surface area contributed by atoms with E-state index in [-0.39, 0.29) is 11.9 Å². The minimum absolute atomic E-state index is 0.0530. The SMILES string of the molecule is Cc1ccc(Cn2nc(C)c(C=CC(=O)N(C)C(c3ccccc3)c3ccccc3)c2C)cc1. The Hall–Kier alpha value is -3.92. The van der Waals surface area contributed by atoms with E-state index in [0.717, 1.165) is 28.1 Å². The van der Waals surface area contributed by atoms with Gasteiger partial charge in [0.05, 0.1) is 18.3 Å². The van der Waals surface area contributed by atoms with Crippen LogP contribution in [0.15, 0.2) is 91.0 Å². The van der Waals surface area contributed by atoms with Gasteiger partial charge in [0, 0.05) is 24.4 Å². The third kappa shape index (κ3) is 5.18. The maximum atomic E-state index is 13.3. The third-order valence-corrected chi connectivity index (χ3v) is 6.25. The number of benzene rings is 3. The second-order valence-corrected chi connectivity index (χ2v) is 8.73. The van der Waals surface area contributed by atoms with Gasteiger partial charge in [0.25, 0.3) is 0 Å². The first-order chi connectivity index (χ1) is 16.4. The number of hydrogen-bond acceptors (Lipinski definition) is 2. The van der Waals surface area contributed by atoms with Crippen LogP contribution in [-0.4, -0.2) is 27.6 Å². The number of nitrogens with zero attached hydrogens (tertiary/aromatic N) is 3. The number of carbonyl (C=O) groups excluding carboxylic acids is 1. The third-order valence-electron chi connectivity index (χ3n) is 6.25. The number of hydrogen-bond donors (Lipinski definition) is 0. The molecular weight excluding hydrogens is 418 g/mol. The van der Waals surface area contributed by atoms with E-state index in [1.165, 1.54) is 11.1 Å². The van der Waals surface area contributed by atoms with E-state index in [1.54, 1.807) is 11.0 Å². The average molecular weight is 450 g/mol. The Labute approximate surface area is 202 Å². The quantitative estimate of drug-likeness (QED) is 0.319. The van der Waals surface area contributed by atoms with Crippen LogP contribution in [0.25, 0.3) is 6.08 Å². The number of carbonyl (C=O) groups is 1. The summed E-state index contributed by atoms with van der Waals surface area (Å²) in [5.41, 5.74) is 7.56. The van der Waals surface area contributed by atoms with Crippen LogP contribution < -0.4 is 0 Å². The summed E-state index contributed by atoms with van der Waals surface area (Å²) in [6.07, 6.45) is 3.56. The molecule has 34 heavy (non-hydrogen) atoms. The van der Waals surface area contributed by atoms with E-state index in [1.807, 2.05) is 61.1 Å². The molecule has 0 saturated heterocycles. The maximum Gasteiger partial charge on any atom is 0.247 e. The summed E-state index contributed by atoms with van der Waals surface area (Å²) in [5.74, 6) is -0.0530. The van der Waals surface area contributed by atoms with Gasteiger partial charge in [-0.1, -0.05) is 90.5 Å². The van der Waals surface area contributed by atoms with Crippen LogP contribution in [0.4, 0.5) is 0 Å². The molecule has 0 radical (unpaired) electrons. The molecule has 4 aromatic rings. The minimum Gasteiger partial charge on any atom is -0.331 e. The second-order valence-electron chi connectivity index (χ2n) is 8.73. The molecular formula is C30H31N3O. The van der Waals surface area contributed by atoms with Gasteiger partial charge >= 0.3 is 0 Å². The lowest BCUT2D eigenvalue weighted by atomic mass is 9.97. The van der Waals surface area contributed by atoms with Gasteiger partial charge in [-0.25, -0.2) is 0 Å². The Bertz CT molecular complexity index is 1230. The number of rotatable bonds is 7. The molecule has 0 atom stereocenters.